The Morgan fingerprint density at radius 1 is 1.58 bits per heavy atom. The van der Waals surface area contributed by atoms with Gasteiger partial charge in [0.25, 0.3) is 5.91 Å². The van der Waals surface area contributed by atoms with Gasteiger partial charge in [-0.2, -0.15) is 0 Å². The number of allylic oxidation sites excluding steroid dienone is 4. The van der Waals surface area contributed by atoms with Crippen molar-refractivity contribution in [3.05, 3.63) is 35.6 Å². The monoisotopic (exact) mass is 163 g/mol. The van der Waals surface area contributed by atoms with Gasteiger partial charge in [-0.15, -0.1) is 0 Å². The number of hydrogen-bond donors (Lipinski definition) is 3. The Morgan fingerprint density at radius 2 is 2.25 bits per heavy atom. The van der Waals surface area contributed by atoms with Gasteiger partial charge in [0, 0.05) is 11.8 Å². The third kappa shape index (κ3) is 1.27. The highest BCUT2D eigenvalue weighted by atomic mass is 16.1. The minimum atomic E-state index is -0.608. The van der Waals surface area contributed by atoms with Gasteiger partial charge in [-0.25, -0.2) is 0 Å². The standard InChI is InChI=1S/C8H9N3O/c9-4-5-2-1-3-6(7(5)10)8(11)12/h1-4,10H,9H2,(H2,11,12)/b5-4-,10-7?. The first-order valence-electron chi connectivity index (χ1n) is 3.36. The van der Waals surface area contributed by atoms with E-state index < -0.39 is 5.91 Å². The highest BCUT2D eigenvalue weighted by molar-refractivity contribution is 6.28. The van der Waals surface area contributed by atoms with Gasteiger partial charge in [0.15, 0.2) is 0 Å². The van der Waals surface area contributed by atoms with Gasteiger partial charge in [0.2, 0.25) is 0 Å². The number of carbonyl (C=O) groups excluding carboxylic acids is 1. The van der Waals surface area contributed by atoms with Crippen LogP contribution in [0.1, 0.15) is 0 Å². The Balaban J connectivity index is 3.07. The topological polar surface area (TPSA) is 93.0 Å². The smallest absolute Gasteiger partial charge is 0.250 e. The Morgan fingerprint density at radius 3 is 2.75 bits per heavy atom. The molecule has 0 aromatic carbocycles. The molecule has 1 aliphatic rings. The summed E-state index contributed by atoms with van der Waals surface area (Å²) in [6.45, 7) is 0. The molecule has 1 rings (SSSR count). The van der Waals surface area contributed by atoms with Gasteiger partial charge in [-0.05, 0) is 6.08 Å². The number of primary amides is 1. The lowest BCUT2D eigenvalue weighted by atomic mass is 9.98. The summed E-state index contributed by atoms with van der Waals surface area (Å²) < 4.78 is 0. The summed E-state index contributed by atoms with van der Waals surface area (Å²) in [4.78, 5) is 10.7. The van der Waals surface area contributed by atoms with Gasteiger partial charge >= 0.3 is 0 Å². The fourth-order valence-corrected chi connectivity index (χ4v) is 0.914. The fraction of sp³-hybridized carbons (Fsp3) is 0. The molecule has 0 aromatic rings. The maximum Gasteiger partial charge on any atom is 0.250 e. The van der Waals surface area contributed by atoms with Crippen LogP contribution < -0.4 is 11.5 Å². The zero-order chi connectivity index (χ0) is 9.14. The molecule has 0 radical (unpaired) electrons. The van der Waals surface area contributed by atoms with Crippen LogP contribution in [0.5, 0.6) is 0 Å². The third-order valence-electron chi connectivity index (χ3n) is 1.54. The van der Waals surface area contributed by atoms with E-state index in [1.54, 1.807) is 12.2 Å². The highest BCUT2D eigenvalue weighted by Crippen LogP contribution is 2.12. The van der Waals surface area contributed by atoms with Crippen LogP contribution in [0, 0.1) is 5.41 Å². The molecule has 0 unspecified atom stereocenters. The molecule has 0 atom stereocenters. The Hall–Kier alpha value is -1.84. The number of nitrogens with one attached hydrogen (secondary N) is 1. The van der Waals surface area contributed by atoms with Crippen LogP contribution in [0.3, 0.4) is 0 Å². The second kappa shape index (κ2) is 3.04. The van der Waals surface area contributed by atoms with Crippen molar-refractivity contribution < 1.29 is 4.79 Å². The molecule has 12 heavy (non-hydrogen) atoms. The van der Waals surface area contributed by atoms with Gasteiger partial charge in [0.1, 0.15) is 0 Å². The molecule has 0 aromatic heterocycles. The summed E-state index contributed by atoms with van der Waals surface area (Å²) in [6, 6.07) is 0. The summed E-state index contributed by atoms with van der Waals surface area (Å²) >= 11 is 0. The fourth-order valence-electron chi connectivity index (χ4n) is 0.914. The summed E-state index contributed by atoms with van der Waals surface area (Å²) in [6.07, 6.45) is 6.05. The molecule has 0 heterocycles. The van der Waals surface area contributed by atoms with Crippen molar-refractivity contribution in [2.24, 2.45) is 11.5 Å². The number of nitrogens with two attached hydrogens (primary N) is 2. The molecule has 0 bridgehead atoms. The zero-order valence-corrected chi connectivity index (χ0v) is 6.37. The Bertz CT molecular complexity index is 323. The molecule has 4 heteroatoms. The summed E-state index contributed by atoms with van der Waals surface area (Å²) in [7, 11) is 0. The predicted octanol–water partition coefficient (Wildman–Crippen LogP) is -0.170. The van der Waals surface area contributed by atoms with E-state index in [9.17, 15) is 4.79 Å². The average molecular weight is 163 g/mol. The third-order valence-corrected chi connectivity index (χ3v) is 1.54. The van der Waals surface area contributed by atoms with E-state index in [1.807, 2.05) is 0 Å². The molecular weight excluding hydrogens is 154 g/mol. The molecule has 5 N–H and O–H groups in total. The van der Waals surface area contributed by atoms with E-state index in [0.29, 0.717) is 5.57 Å². The molecule has 4 nitrogen and oxygen atoms in total. The second-order valence-electron chi connectivity index (χ2n) is 2.30. The summed E-state index contributed by atoms with van der Waals surface area (Å²) in [5.41, 5.74) is 11.0. The van der Waals surface area contributed by atoms with Crippen molar-refractivity contribution in [1.82, 2.24) is 0 Å². The van der Waals surface area contributed by atoms with Crippen LogP contribution in [-0.4, -0.2) is 11.6 Å². The Labute approximate surface area is 69.7 Å². The van der Waals surface area contributed by atoms with Crippen LogP contribution in [-0.2, 0) is 4.79 Å². The van der Waals surface area contributed by atoms with Gasteiger partial charge in [-0.1, -0.05) is 12.2 Å². The predicted molar refractivity (Wildman–Crippen MR) is 46.4 cm³/mol. The van der Waals surface area contributed by atoms with Crippen LogP contribution in [0.4, 0.5) is 0 Å². The van der Waals surface area contributed by atoms with Gasteiger partial charge < -0.3 is 11.5 Å². The number of amides is 1. The van der Waals surface area contributed by atoms with Crippen molar-refractivity contribution in [1.29, 1.82) is 5.41 Å². The lowest BCUT2D eigenvalue weighted by molar-refractivity contribution is -0.114. The van der Waals surface area contributed by atoms with Gasteiger partial charge in [-0.3, -0.25) is 10.2 Å². The largest absolute Gasteiger partial charge is 0.404 e. The average Bonchev–Trinajstić information content (AvgIpc) is 2.04. The molecule has 62 valence electrons. The van der Waals surface area contributed by atoms with Crippen molar-refractivity contribution in [2.75, 3.05) is 0 Å². The number of carbonyl (C=O) groups is 1. The number of rotatable bonds is 1. The number of hydrogen-bond acceptors (Lipinski definition) is 3. The van der Waals surface area contributed by atoms with Crippen LogP contribution >= 0.6 is 0 Å². The first kappa shape index (κ1) is 8.26. The molecule has 0 saturated carbocycles. The van der Waals surface area contributed by atoms with E-state index in [0.717, 1.165) is 0 Å². The minimum absolute atomic E-state index is 0.0764. The van der Waals surface area contributed by atoms with Crippen molar-refractivity contribution in [3.8, 4) is 0 Å². The zero-order valence-electron chi connectivity index (χ0n) is 6.37. The summed E-state index contributed by atoms with van der Waals surface area (Å²) in [5, 5.41) is 7.46. The second-order valence-corrected chi connectivity index (χ2v) is 2.30. The maximum absolute atomic E-state index is 10.7. The summed E-state index contributed by atoms with van der Waals surface area (Å²) in [5.74, 6) is -0.608. The molecule has 0 fully saturated rings. The SMILES string of the molecule is N=C1C(C(N)=O)=CC=C/C1=C/N. The van der Waals surface area contributed by atoms with Crippen LogP contribution in [0.25, 0.3) is 0 Å². The lowest BCUT2D eigenvalue weighted by Crippen LogP contribution is -2.22. The lowest BCUT2D eigenvalue weighted by Gasteiger charge is -2.08. The van der Waals surface area contributed by atoms with E-state index in [4.69, 9.17) is 16.9 Å². The molecule has 0 aliphatic heterocycles. The molecule has 0 spiro atoms. The quantitative estimate of drug-likeness (QED) is 0.500. The van der Waals surface area contributed by atoms with E-state index in [1.165, 1.54) is 12.3 Å². The van der Waals surface area contributed by atoms with Crippen molar-refractivity contribution in [2.45, 2.75) is 0 Å². The van der Waals surface area contributed by atoms with Crippen LogP contribution in [0.2, 0.25) is 0 Å². The van der Waals surface area contributed by atoms with E-state index >= 15 is 0 Å². The van der Waals surface area contributed by atoms with E-state index in [-0.39, 0.29) is 11.3 Å². The first-order chi connectivity index (χ1) is 5.66. The maximum atomic E-state index is 10.7. The van der Waals surface area contributed by atoms with Gasteiger partial charge in [0.05, 0.1) is 11.3 Å². The van der Waals surface area contributed by atoms with Crippen molar-refractivity contribution >= 4 is 11.6 Å². The Kier molecular flexibility index (Phi) is 2.09. The normalized spacial score (nSPS) is 19.5. The minimum Gasteiger partial charge on any atom is -0.404 e. The molecule has 1 aliphatic carbocycles. The highest BCUT2D eigenvalue weighted by Gasteiger charge is 2.15. The molecule has 1 amide bonds. The molecular formula is C8H9N3O. The van der Waals surface area contributed by atoms with E-state index in [2.05, 4.69) is 0 Å². The van der Waals surface area contributed by atoms with Crippen LogP contribution in [0.15, 0.2) is 35.6 Å². The van der Waals surface area contributed by atoms with Crippen molar-refractivity contribution in [3.63, 3.8) is 0 Å². The molecule has 0 saturated heterocycles. The first-order valence-corrected chi connectivity index (χ1v) is 3.36.